The van der Waals surface area contributed by atoms with Crippen molar-refractivity contribution in [2.45, 2.75) is 18.7 Å². The molecule has 3 nitrogen and oxygen atoms in total. The minimum absolute atomic E-state index is 0.398. The molecule has 0 aliphatic heterocycles. The Morgan fingerprint density at radius 1 is 1.16 bits per heavy atom. The lowest BCUT2D eigenvalue weighted by atomic mass is 10.1. The summed E-state index contributed by atoms with van der Waals surface area (Å²) in [7, 11) is 0. The van der Waals surface area contributed by atoms with Gasteiger partial charge in [0.25, 0.3) is 0 Å². The lowest BCUT2D eigenvalue weighted by Crippen LogP contribution is -2.01. The van der Waals surface area contributed by atoms with Gasteiger partial charge in [0.1, 0.15) is 5.02 Å². The molecule has 5 heteroatoms. The van der Waals surface area contributed by atoms with Crippen LogP contribution in [0.5, 0.6) is 5.88 Å². The highest BCUT2D eigenvalue weighted by molar-refractivity contribution is 6.32. The van der Waals surface area contributed by atoms with Crippen molar-refractivity contribution in [2.24, 2.45) is 0 Å². The number of ether oxygens (including phenoxy) is 1. The molecule has 2 heterocycles. The number of halogens is 2. The van der Waals surface area contributed by atoms with Crippen LogP contribution in [-0.4, -0.2) is 16.6 Å². The molecule has 0 aliphatic rings. The Morgan fingerprint density at radius 2 is 1.95 bits per heavy atom. The second kappa shape index (κ2) is 7.31. The quantitative estimate of drug-likeness (QED) is 0.599. The Hall–Kier alpha value is -1.32. The van der Waals surface area contributed by atoms with Crippen LogP contribution in [0.4, 0.5) is 0 Å². The molecule has 0 radical (unpaired) electrons. The Bertz CT molecular complexity index is 520. The van der Waals surface area contributed by atoms with Gasteiger partial charge < -0.3 is 4.74 Å². The van der Waals surface area contributed by atoms with Crippen molar-refractivity contribution in [3.63, 3.8) is 0 Å². The molecule has 2 aromatic heterocycles. The van der Waals surface area contributed by atoms with Crippen LogP contribution in [0.1, 0.15) is 17.5 Å². The number of nitrogens with zero attached hydrogens (tertiary/aromatic N) is 2. The largest absolute Gasteiger partial charge is 0.477 e. The maximum absolute atomic E-state index is 6.05. The summed E-state index contributed by atoms with van der Waals surface area (Å²) in [6.07, 6.45) is 7.11. The van der Waals surface area contributed by atoms with Crippen LogP contribution in [-0.2, 0) is 12.3 Å². The highest BCUT2D eigenvalue weighted by Crippen LogP contribution is 2.23. The van der Waals surface area contributed by atoms with Crippen molar-refractivity contribution in [3.8, 4) is 5.88 Å². The second-order valence-electron chi connectivity index (χ2n) is 4.07. The van der Waals surface area contributed by atoms with Gasteiger partial charge in [-0.3, -0.25) is 4.98 Å². The van der Waals surface area contributed by atoms with Crippen LogP contribution < -0.4 is 4.74 Å². The van der Waals surface area contributed by atoms with Crippen molar-refractivity contribution in [1.82, 2.24) is 9.97 Å². The van der Waals surface area contributed by atoms with E-state index in [0.29, 0.717) is 23.4 Å². The Balaban J connectivity index is 1.80. The van der Waals surface area contributed by atoms with Gasteiger partial charge in [-0.25, -0.2) is 4.98 Å². The van der Waals surface area contributed by atoms with E-state index < -0.39 is 0 Å². The van der Waals surface area contributed by atoms with E-state index in [-0.39, 0.29) is 0 Å². The van der Waals surface area contributed by atoms with E-state index in [9.17, 15) is 0 Å². The van der Waals surface area contributed by atoms with E-state index in [4.69, 9.17) is 27.9 Å². The third-order valence-electron chi connectivity index (χ3n) is 2.62. The van der Waals surface area contributed by atoms with Crippen LogP contribution in [0.3, 0.4) is 0 Å². The van der Waals surface area contributed by atoms with E-state index >= 15 is 0 Å². The van der Waals surface area contributed by atoms with Gasteiger partial charge in [-0.15, -0.1) is 11.6 Å². The van der Waals surface area contributed by atoms with Gasteiger partial charge >= 0.3 is 0 Å². The molecule has 2 aromatic rings. The molecule has 19 heavy (non-hydrogen) atoms. The van der Waals surface area contributed by atoms with E-state index in [1.807, 2.05) is 12.1 Å². The van der Waals surface area contributed by atoms with Crippen molar-refractivity contribution >= 4 is 23.2 Å². The van der Waals surface area contributed by atoms with E-state index in [0.717, 1.165) is 18.4 Å². The van der Waals surface area contributed by atoms with Gasteiger partial charge in [0, 0.05) is 24.5 Å². The number of aryl methyl sites for hydroxylation is 1. The van der Waals surface area contributed by atoms with Crippen molar-refractivity contribution in [1.29, 1.82) is 0 Å². The summed E-state index contributed by atoms with van der Waals surface area (Å²) in [5, 5.41) is 0.502. The topological polar surface area (TPSA) is 35.0 Å². The number of hydrogen-bond acceptors (Lipinski definition) is 3. The van der Waals surface area contributed by atoms with Gasteiger partial charge in [0.15, 0.2) is 0 Å². The number of rotatable bonds is 6. The maximum atomic E-state index is 6.05. The molecule has 2 rings (SSSR count). The summed E-state index contributed by atoms with van der Waals surface area (Å²) in [6.45, 7) is 0.579. The second-order valence-corrected chi connectivity index (χ2v) is 4.75. The molecule has 0 saturated carbocycles. The van der Waals surface area contributed by atoms with Crippen molar-refractivity contribution < 1.29 is 4.74 Å². The van der Waals surface area contributed by atoms with E-state index in [1.165, 1.54) is 5.56 Å². The third-order valence-corrected chi connectivity index (χ3v) is 3.20. The average molecular weight is 297 g/mol. The fourth-order valence-electron chi connectivity index (χ4n) is 1.64. The normalized spacial score (nSPS) is 10.4. The van der Waals surface area contributed by atoms with Crippen LogP contribution in [0.25, 0.3) is 0 Å². The van der Waals surface area contributed by atoms with Crippen LogP contribution >= 0.6 is 23.2 Å². The Kier molecular flexibility index (Phi) is 5.43. The highest BCUT2D eigenvalue weighted by atomic mass is 35.5. The van der Waals surface area contributed by atoms with Crippen LogP contribution in [0, 0.1) is 0 Å². The molecule has 0 unspecified atom stereocenters. The van der Waals surface area contributed by atoms with Gasteiger partial charge in [-0.1, -0.05) is 11.6 Å². The first kappa shape index (κ1) is 14.1. The summed E-state index contributed by atoms with van der Waals surface area (Å²) < 4.78 is 5.56. The zero-order valence-corrected chi connectivity index (χ0v) is 11.9. The molecule has 0 atom stereocenters. The minimum Gasteiger partial charge on any atom is -0.477 e. The van der Waals surface area contributed by atoms with Crippen LogP contribution in [0.15, 0.2) is 36.8 Å². The zero-order valence-electron chi connectivity index (χ0n) is 10.4. The molecular weight excluding hydrogens is 283 g/mol. The summed E-state index contributed by atoms with van der Waals surface area (Å²) >= 11 is 11.8. The molecule has 0 aliphatic carbocycles. The van der Waals surface area contributed by atoms with Gasteiger partial charge in [-0.05, 0) is 42.2 Å². The number of pyridine rings is 2. The monoisotopic (exact) mass is 296 g/mol. The van der Waals surface area contributed by atoms with Crippen molar-refractivity contribution in [2.75, 3.05) is 6.61 Å². The molecule has 0 aromatic carbocycles. The lowest BCUT2D eigenvalue weighted by Gasteiger charge is -2.07. The summed E-state index contributed by atoms with van der Waals surface area (Å²) in [5.74, 6) is 0.861. The van der Waals surface area contributed by atoms with Gasteiger partial charge in [-0.2, -0.15) is 0 Å². The highest BCUT2D eigenvalue weighted by Gasteiger charge is 2.04. The molecule has 0 fully saturated rings. The summed E-state index contributed by atoms with van der Waals surface area (Å²) in [5.41, 5.74) is 2.13. The Labute approximate surface area is 122 Å². The molecule has 0 spiro atoms. The first-order valence-corrected chi connectivity index (χ1v) is 6.93. The molecule has 100 valence electrons. The first-order valence-electron chi connectivity index (χ1n) is 6.01. The molecule has 0 N–H and O–H groups in total. The first-order chi connectivity index (χ1) is 9.29. The predicted molar refractivity (Wildman–Crippen MR) is 76.9 cm³/mol. The standard InChI is InChI=1S/C14H14Cl2N2O/c15-9-12-8-13(16)14(18-10-12)19-7-1-2-11-3-5-17-6-4-11/h3-6,8,10H,1-2,7,9H2. The fraction of sp³-hybridized carbons (Fsp3) is 0.286. The summed E-state index contributed by atoms with van der Waals surface area (Å²) in [6, 6.07) is 5.78. The average Bonchev–Trinajstić information content (AvgIpc) is 2.46. The Morgan fingerprint density at radius 3 is 2.63 bits per heavy atom. The fourth-order valence-corrected chi connectivity index (χ4v) is 2.03. The van der Waals surface area contributed by atoms with E-state index in [1.54, 1.807) is 24.7 Å². The van der Waals surface area contributed by atoms with Gasteiger partial charge in [0.2, 0.25) is 5.88 Å². The minimum atomic E-state index is 0.398. The lowest BCUT2D eigenvalue weighted by molar-refractivity contribution is 0.299. The molecule has 0 amide bonds. The SMILES string of the molecule is ClCc1cnc(OCCCc2ccncc2)c(Cl)c1. The number of alkyl halides is 1. The smallest absolute Gasteiger partial charge is 0.232 e. The maximum Gasteiger partial charge on any atom is 0.232 e. The molecular formula is C14H14Cl2N2O. The number of hydrogen-bond donors (Lipinski definition) is 0. The predicted octanol–water partition coefficient (Wildman–Crippen LogP) is 3.88. The number of aromatic nitrogens is 2. The third kappa shape index (κ3) is 4.37. The molecule has 0 bridgehead atoms. The van der Waals surface area contributed by atoms with Crippen LogP contribution in [0.2, 0.25) is 5.02 Å². The molecule has 0 saturated heterocycles. The summed E-state index contributed by atoms with van der Waals surface area (Å²) in [4.78, 5) is 8.12. The zero-order chi connectivity index (χ0) is 13.5. The van der Waals surface area contributed by atoms with Gasteiger partial charge in [0.05, 0.1) is 6.61 Å². The van der Waals surface area contributed by atoms with E-state index in [2.05, 4.69) is 9.97 Å². The van der Waals surface area contributed by atoms with Crippen molar-refractivity contribution in [3.05, 3.63) is 52.9 Å².